The highest BCUT2D eigenvalue weighted by atomic mass is 35.5. The minimum Gasteiger partial charge on any atom is -0.205 e. The summed E-state index contributed by atoms with van der Waals surface area (Å²) in [6, 6.07) is 1.41. The number of hydrogen-bond acceptors (Lipinski definition) is 0. The first-order valence-electron chi connectivity index (χ1n) is 3.97. The standard InChI is InChI=1S/C7H5ClF2/c1-4-2-5(9)7(8)6(10)3-4/h2-3H,1H3/i1D3. The molecular weight excluding hydrogens is 158 g/mol. The zero-order chi connectivity index (χ0) is 10.2. The van der Waals surface area contributed by atoms with Crippen LogP contribution >= 0.6 is 11.6 Å². The first-order chi connectivity index (χ1) is 5.82. The van der Waals surface area contributed by atoms with Crippen molar-refractivity contribution in [3.05, 3.63) is 34.4 Å². The maximum absolute atomic E-state index is 12.7. The van der Waals surface area contributed by atoms with E-state index in [0.717, 1.165) is 0 Å². The second-order valence-corrected chi connectivity index (χ2v) is 2.13. The molecule has 0 radical (unpaired) electrons. The lowest BCUT2D eigenvalue weighted by molar-refractivity contribution is 0.582. The van der Waals surface area contributed by atoms with Crippen molar-refractivity contribution in [1.29, 1.82) is 0 Å². The quantitative estimate of drug-likeness (QED) is 0.519. The van der Waals surface area contributed by atoms with Crippen molar-refractivity contribution < 1.29 is 12.9 Å². The Morgan fingerprint density at radius 2 is 1.90 bits per heavy atom. The van der Waals surface area contributed by atoms with E-state index in [1.54, 1.807) is 0 Å². The van der Waals surface area contributed by atoms with Gasteiger partial charge in [0.2, 0.25) is 0 Å². The van der Waals surface area contributed by atoms with Gasteiger partial charge in [-0.3, -0.25) is 0 Å². The average molecular weight is 166 g/mol. The van der Waals surface area contributed by atoms with Crippen molar-refractivity contribution in [2.45, 2.75) is 6.85 Å². The number of hydrogen-bond donors (Lipinski definition) is 0. The third-order valence-electron chi connectivity index (χ3n) is 0.984. The maximum atomic E-state index is 12.7. The SMILES string of the molecule is [2H]C([2H])([2H])c1cc(F)c(Cl)c(F)c1. The van der Waals surface area contributed by atoms with E-state index in [4.69, 9.17) is 15.7 Å². The summed E-state index contributed by atoms with van der Waals surface area (Å²) in [5.74, 6) is -2.12. The first kappa shape index (κ1) is 4.29. The summed E-state index contributed by atoms with van der Waals surface area (Å²) in [6.45, 7) is -2.52. The monoisotopic (exact) mass is 165 g/mol. The summed E-state index contributed by atoms with van der Waals surface area (Å²) in [7, 11) is 0. The highest BCUT2D eigenvalue weighted by molar-refractivity contribution is 6.30. The van der Waals surface area contributed by atoms with Gasteiger partial charge in [-0.2, -0.15) is 0 Å². The molecule has 0 saturated heterocycles. The van der Waals surface area contributed by atoms with Crippen LogP contribution in [-0.4, -0.2) is 0 Å². The van der Waals surface area contributed by atoms with Crippen LogP contribution in [0, 0.1) is 18.5 Å². The molecule has 0 heterocycles. The summed E-state index contributed by atoms with van der Waals surface area (Å²) in [5, 5.41) is -0.687. The molecule has 0 aromatic heterocycles. The average Bonchev–Trinajstić information content (AvgIpc) is 1.97. The van der Waals surface area contributed by atoms with Crippen molar-refractivity contribution in [3.8, 4) is 0 Å². The van der Waals surface area contributed by atoms with E-state index in [9.17, 15) is 8.78 Å². The second-order valence-electron chi connectivity index (χ2n) is 1.75. The van der Waals surface area contributed by atoms with Crippen LogP contribution in [0.4, 0.5) is 8.78 Å². The normalized spacial score (nSPS) is 15.7. The van der Waals surface area contributed by atoms with Gasteiger partial charge in [0.05, 0.1) is 0 Å². The maximum Gasteiger partial charge on any atom is 0.145 e. The molecule has 0 aliphatic carbocycles. The molecule has 0 aliphatic rings. The number of rotatable bonds is 0. The van der Waals surface area contributed by atoms with E-state index in [2.05, 4.69) is 0 Å². The van der Waals surface area contributed by atoms with Gasteiger partial charge in [-0.05, 0) is 24.5 Å². The van der Waals surface area contributed by atoms with Gasteiger partial charge in [0, 0.05) is 4.11 Å². The summed E-state index contributed by atoms with van der Waals surface area (Å²) >= 11 is 5.17. The van der Waals surface area contributed by atoms with Gasteiger partial charge < -0.3 is 0 Å². The molecule has 0 bridgehead atoms. The summed E-state index contributed by atoms with van der Waals surface area (Å²) in [6.07, 6.45) is 0. The Morgan fingerprint density at radius 3 is 2.30 bits per heavy atom. The zero-order valence-electron chi connectivity index (χ0n) is 7.79. The van der Waals surface area contributed by atoms with Crippen LogP contribution in [0.3, 0.4) is 0 Å². The minimum atomic E-state index is -2.52. The molecule has 1 aromatic carbocycles. The van der Waals surface area contributed by atoms with Crippen molar-refractivity contribution in [3.63, 3.8) is 0 Å². The van der Waals surface area contributed by atoms with Gasteiger partial charge in [-0.25, -0.2) is 8.78 Å². The van der Waals surface area contributed by atoms with Crippen LogP contribution in [0.1, 0.15) is 9.68 Å². The molecular formula is C7H5ClF2. The molecule has 0 saturated carbocycles. The first-order valence-corrected chi connectivity index (χ1v) is 2.85. The molecule has 0 spiro atoms. The minimum absolute atomic E-state index is 0.396. The van der Waals surface area contributed by atoms with Gasteiger partial charge in [-0.1, -0.05) is 11.6 Å². The Labute approximate surface area is 66.6 Å². The lowest BCUT2D eigenvalue weighted by Gasteiger charge is -1.96. The Kier molecular flexibility index (Phi) is 1.09. The molecule has 0 amide bonds. The molecule has 10 heavy (non-hydrogen) atoms. The van der Waals surface area contributed by atoms with Gasteiger partial charge in [0.25, 0.3) is 0 Å². The molecule has 3 heteroatoms. The number of benzene rings is 1. The Morgan fingerprint density at radius 1 is 1.40 bits per heavy atom. The molecule has 0 unspecified atom stereocenters. The summed E-state index contributed by atoms with van der Waals surface area (Å²) in [5.41, 5.74) is -0.396. The van der Waals surface area contributed by atoms with Crippen LogP contribution in [0.15, 0.2) is 12.1 Å². The van der Waals surface area contributed by atoms with E-state index < -0.39 is 29.1 Å². The van der Waals surface area contributed by atoms with Crippen LogP contribution in [0.25, 0.3) is 0 Å². The molecule has 54 valence electrons. The van der Waals surface area contributed by atoms with Crippen LogP contribution in [0.2, 0.25) is 5.02 Å². The van der Waals surface area contributed by atoms with Crippen LogP contribution in [0.5, 0.6) is 0 Å². The van der Waals surface area contributed by atoms with Gasteiger partial charge in [0.15, 0.2) is 0 Å². The highest BCUT2D eigenvalue weighted by Crippen LogP contribution is 2.19. The zero-order valence-corrected chi connectivity index (χ0v) is 5.54. The predicted molar refractivity (Wildman–Crippen MR) is 36.1 cm³/mol. The Hall–Kier alpha value is -0.630. The molecule has 0 nitrogen and oxygen atoms in total. The van der Waals surface area contributed by atoms with Crippen LogP contribution in [-0.2, 0) is 0 Å². The van der Waals surface area contributed by atoms with Gasteiger partial charge in [0.1, 0.15) is 16.7 Å². The van der Waals surface area contributed by atoms with Gasteiger partial charge >= 0.3 is 0 Å². The summed E-state index contributed by atoms with van der Waals surface area (Å²) in [4.78, 5) is 0. The lowest BCUT2D eigenvalue weighted by Crippen LogP contribution is -1.84. The Balaban J connectivity index is 3.29. The third-order valence-corrected chi connectivity index (χ3v) is 1.34. The fourth-order valence-electron chi connectivity index (χ4n) is 0.556. The lowest BCUT2D eigenvalue weighted by atomic mass is 10.2. The molecule has 1 aromatic rings. The molecule has 0 N–H and O–H groups in total. The molecule has 1 rings (SSSR count). The largest absolute Gasteiger partial charge is 0.205 e. The van der Waals surface area contributed by atoms with Crippen molar-refractivity contribution in [2.24, 2.45) is 0 Å². The molecule has 0 fully saturated rings. The van der Waals surface area contributed by atoms with Crippen molar-refractivity contribution in [2.75, 3.05) is 0 Å². The van der Waals surface area contributed by atoms with E-state index in [1.807, 2.05) is 0 Å². The topological polar surface area (TPSA) is 0 Å². The van der Waals surface area contributed by atoms with Gasteiger partial charge in [-0.15, -0.1) is 0 Å². The van der Waals surface area contributed by atoms with Crippen LogP contribution < -0.4 is 0 Å². The summed E-state index contributed by atoms with van der Waals surface area (Å²) < 4.78 is 46.2. The second kappa shape index (κ2) is 2.54. The predicted octanol–water partition coefficient (Wildman–Crippen LogP) is 2.93. The molecule has 0 aliphatic heterocycles. The van der Waals surface area contributed by atoms with E-state index in [0.29, 0.717) is 12.1 Å². The fraction of sp³-hybridized carbons (Fsp3) is 0.143. The van der Waals surface area contributed by atoms with E-state index in [-0.39, 0.29) is 0 Å². The fourth-order valence-corrected chi connectivity index (χ4v) is 0.665. The van der Waals surface area contributed by atoms with E-state index in [1.165, 1.54) is 0 Å². The third kappa shape index (κ3) is 1.27. The van der Waals surface area contributed by atoms with E-state index >= 15 is 0 Å². The Bertz CT molecular complexity index is 312. The smallest absolute Gasteiger partial charge is 0.145 e. The van der Waals surface area contributed by atoms with Crippen molar-refractivity contribution in [1.82, 2.24) is 0 Å². The number of halogens is 3. The number of aryl methyl sites for hydroxylation is 1. The van der Waals surface area contributed by atoms with Crippen molar-refractivity contribution >= 4 is 11.6 Å². The highest BCUT2D eigenvalue weighted by Gasteiger charge is 2.05. The molecule has 0 atom stereocenters.